The summed E-state index contributed by atoms with van der Waals surface area (Å²) in [6.07, 6.45) is -0.170. The molecular weight excluding hydrogens is 237 g/mol. The molecule has 1 aliphatic rings. The van der Waals surface area contributed by atoms with Crippen LogP contribution in [0.2, 0.25) is 0 Å². The zero-order valence-electron chi connectivity index (χ0n) is 9.92. The maximum absolute atomic E-state index is 12.8. The summed E-state index contributed by atoms with van der Waals surface area (Å²) in [6, 6.07) is 5.69. The van der Waals surface area contributed by atoms with E-state index in [1.807, 2.05) is 0 Å². The van der Waals surface area contributed by atoms with Crippen molar-refractivity contribution < 1.29 is 19.4 Å². The first-order chi connectivity index (χ1) is 8.58. The maximum Gasteiger partial charge on any atom is 0.407 e. The molecule has 18 heavy (non-hydrogen) atoms. The van der Waals surface area contributed by atoms with Crippen molar-refractivity contribution >= 4 is 6.09 Å². The molecule has 0 aliphatic carbocycles. The van der Waals surface area contributed by atoms with E-state index in [2.05, 4.69) is 0 Å². The lowest BCUT2D eigenvalue weighted by molar-refractivity contribution is 0.0503. The van der Waals surface area contributed by atoms with Gasteiger partial charge in [-0.05, 0) is 30.5 Å². The number of aliphatic hydroxyl groups is 1. The van der Waals surface area contributed by atoms with Crippen molar-refractivity contribution in [1.82, 2.24) is 4.90 Å². The van der Waals surface area contributed by atoms with Gasteiger partial charge in [-0.25, -0.2) is 9.18 Å². The minimum atomic E-state index is -0.953. The molecule has 1 saturated heterocycles. The van der Waals surface area contributed by atoms with Crippen molar-refractivity contribution in [2.45, 2.75) is 18.9 Å². The van der Waals surface area contributed by atoms with Gasteiger partial charge in [0.05, 0.1) is 6.10 Å². The number of rotatable bonds is 2. The first kappa shape index (κ1) is 12.8. The predicted octanol–water partition coefficient (Wildman–Crippen LogP) is 2.25. The van der Waals surface area contributed by atoms with Crippen LogP contribution in [0, 0.1) is 11.7 Å². The van der Waals surface area contributed by atoms with Gasteiger partial charge in [-0.15, -0.1) is 0 Å². The van der Waals surface area contributed by atoms with Crippen molar-refractivity contribution in [3.63, 3.8) is 0 Å². The van der Waals surface area contributed by atoms with Gasteiger partial charge < -0.3 is 15.1 Å². The van der Waals surface area contributed by atoms with Crippen molar-refractivity contribution in [3.8, 4) is 0 Å². The highest BCUT2D eigenvalue weighted by Crippen LogP contribution is 2.29. The smallest absolute Gasteiger partial charge is 0.407 e. The quantitative estimate of drug-likeness (QED) is 0.849. The van der Waals surface area contributed by atoms with Crippen molar-refractivity contribution in [2.75, 3.05) is 13.1 Å². The molecule has 2 N–H and O–H groups in total. The van der Waals surface area contributed by atoms with Crippen LogP contribution in [0.4, 0.5) is 9.18 Å². The van der Waals surface area contributed by atoms with Gasteiger partial charge in [-0.3, -0.25) is 0 Å². The monoisotopic (exact) mass is 253 g/mol. The van der Waals surface area contributed by atoms with Gasteiger partial charge in [0.2, 0.25) is 0 Å². The fourth-order valence-electron chi connectivity index (χ4n) is 2.37. The minimum absolute atomic E-state index is 0.125. The topological polar surface area (TPSA) is 60.8 Å². The molecule has 2 rings (SSSR count). The predicted molar refractivity (Wildman–Crippen MR) is 63.7 cm³/mol. The highest BCUT2D eigenvalue weighted by Gasteiger charge is 2.29. The van der Waals surface area contributed by atoms with Crippen LogP contribution in [-0.2, 0) is 0 Å². The number of amides is 1. The molecule has 0 radical (unpaired) electrons. The Kier molecular flexibility index (Phi) is 3.81. The van der Waals surface area contributed by atoms with Crippen molar-refractivity contribution in [2.24, 2.45) is 5.92 Å². The number of carboxylic acid groups (broad SMARTS) is 1. The summed E-state index contributed by atoms with van der Waals surface area (Å²) in [5.74, 6) is -0.470. The summed E-state index contributed by atoms with van der Waals surface area (Å²) in [5.41, 5.74) is 0.633. The van der Waals surface area contributed by atoms with Gasteiger partial charge in [0.15, 0.2) is 0 Å². The first-order valence-corrected chi connectivity index (χ1v) is 5.99. The van der Waals surface area contributed by atoms with E-state index in [0.717, 1.165) is 12.8 Å². The molecule has 0 spiro atoms. The summed E-state index contributed by atoms with van der Waals surface area (Å²) in [5, 5.41) is 19.1. The molecule has 1 heterocycles. The third-order valence-electron chi connectivity index (χ3n) is 3.39. The molecule has 1 aromatic carbocycles. The van der Waals surface area contributed by atoms with E-state index >= 15 is 0 Å². The Morgan fingerprint density at radius 2 is 2.06 bits per heavy atom. The lowest BCUT2D eigenvalue weighted by atomic mass is 9.89. The zero-order valence-corrected chi connectivity index (χ0v) is 9.92. The molecule has 0 bridgehead atoms. The van der Waals surface area contributed by atoms with Crippen LogP contribution in [0.1, 0.15) is 24.5 Å². The molecular formula is C13H16FNO3. The fourth-order valence-corrected chi connectivity index (χ4v) is 2.37. The summed E-state index contributed by atoms with van der Waals surface area (Å²) in [4.78, 5) is 12.2. The average molecular weight is 253 g/mol. The summed E-state index contributed by atoms with van der Waals surface area (Å²) in [6.45, 7) is 0.843. The van der Waals surface area contributed by atoms with Crippen LogP contribution in [-0.4, -0.2) is 34.3 Å². The molecule has 1 fully saturated rings. The molecule has 0 aromatic heterocycles. The van der Waals surface area contributed by atoms with Crippen LogP contribution >= 0.6 is 0 Å². The van der Waals surface area contributed by atoms with Crippen LogP contribution in [0.5, 0.6) is 0 Å². The Bertz CT molecular complexity index is 421. The number of carbonyl (C=O) groups is 1. The van der Waals surface area contributed by atoms with E-state index in [9.17, 15) is 14.3 Å². The molecule has 5 heteroatoms. The first-order valence-electron chi connectivity index (χ1n) is 5.99. The van der Waals surface area contributed by atoms with E-state index in [-0.39, 0.29) is 11.7 Å². The summed E-state index contributed by atoms with van der Waals surface area (Å²) < 4.78 is 12.8. The Balaban J connectivity index is 2.06. The van der Waals surface area contributed by atoms with Gasteiger partial charge in [0, 0.05) is 19.0 Å². The molecule has 2 unspecified atom stereocenters. The number of hydrogen-bond donors (Lipinski definition) is 2. The second-order valence-corrected chi connectivity index (χ2v) is 4.63. The largest absolute Gasteiger partial charge is 0.465 e. The second-order valence-electron chi connectivity index (χ2n) is 4.63. The molecule has 1 aliphatic heterocycles. The number of likely N-dealkylation sites (tertiary alicyclic amines) is 1. The van der Waals surface area contributed by atoms with Crippen LogP contribution < -0.4 is 0 Å². The lowest BCUT2D eigenvalue weighted by Crippen LogP contribution is -2.40. The van der Waals surface area contributed by atoms with Gasteiger partial charge >= 0.3 is 6.09 Å². The molecule has 0 saturated carbocycles. The van der Waals surface area contributed by atoms with Gasteiger partial charge in [0.1, 0.15) is 5.82 Å². The molecule has 1 amide bonds. The maximum atomic E-state index is 12.8. The van der Waals surface area contributed by atoms with Gasteiger partial charge in [0.25, 0.3) is 0 Å². The van der Waals surface area contributed by atoms with Crippen LogP contribution in [0.25, 0.3) is 0 Å². The number of benzene rings is 1. The number of halogens is 1. The van der Waals surface area contributed by atoms with E-state index in [1.165, 1.54) is 17.0 Å². The highest BCUT2D eigenvalue weighted by molar-refractivity contribution is 5.65. The Labute approximate surface area is 105 Å². The van der Waals surface area contributed by atoms with E-state index in [0.29, 0.717) is 18.7 Å². The molecule has 1 aromatic rings. The van der Waals surface area contributed by atoms with Crippen LogP contribution in [0.3, 0.4) is 0 Å². The van der Waals surface area contributed by atoms with Gasteiger partial charge in [-0.1, -0.05) is 12.1 Å². The summed E-state index contributed by atoms with van der Waals surface area (Å²) in [7, 11) is 0. The van der Waals surface area contributed by atoms with Gasteiger partial charge in [-0.2, -0.15) is 0 Å². The number of piperidine rings is 1. The third-order valence-corrected chi connectivity index (χ3v) is 3.39. The number of nitrogens with zero attached hydrogens (tertiary/aromatic N) is 1. The molecule has 98 valence electrons. The molecule has 4 nitrogen and oxygen atoms in total. The van der Waals surface area contributed by atoms with E-state index < -0.39 is 12.2 Å². The number of hydrogen-bond acceptors (Lipinski definition) is 2. The van der Waals surface area contributed by atoms with E-state index in [1.54, 1.807) is 12.1 Å². The summed E-state index contributed by atoms with van der Waals surface area (Å²) >= 11 is 0. The fraction of sp³-hybridized carbons (Fsp3) is 0.462. The Hall–Kier alpha value is -1.62. The third kappa shape index (κ3) is 2.79. The second kappa shape index (κ2) is 5.35. The SMILES string of the molecule is O=C(O)N1CCCC(C(O)c2ccc(F)cc2)C1. The highest BCUT2D eigenvalue weighted by atomic mass is 19.1. The minimum Gasteiger partial charge on any atom is -0.465 e. The van der Waals surface area contributed by atoms with E-state index in [4.69, 9.17) is 5.11 Å². The Morgan fingerprint density at radius 3 is 2.67 bits per heavy atom. The average Bonchev–Trinajstić information content (AvgIpc) is 2.39. The van der Waals surface area contributed by atoms with Crippen molar-refractivity contribution in [1.29, 1.82) is 0 Å². The Morgan fingerprint density at radius 1 is 1.39 bits per heavy atom. The zero-order chi connectivity index (χ0) is 13.1. The lowest BCUT2D eigenvalue weighted by Gasteiger charge is -2.33. The van der Waals surface area contributed by atoms with Crippen LogP contribution in [0.15, 0.2) is 24.3 Å². The van der Waals surface area contributed by atoms with Crippen molar-refractivity contribution in [3.05, 3.63) is 35.6 Å². The standard InChI is InChI=1S/C13H16FNO3/c14-11-5-3-9(4-6-11)12(16)10-2-1-7-15(8-10)13(17)18/h3-6,10,12,16H,1-2,7-8H2,(H,17,18). The number of aliphatic hydroxyl groups excluding tert-OH is 1. The molecule has 2 atom stereocenters. The normalized spacial score (nSPS) is 21.7.